The second-order valence-corrected chi connectivity index (χ2v) is 9.23. The fraction of sp³-hybridized carbons (Fsp3) is 0.233. The van der Waals surface area contributed by atoms with Crippen LogP contribution in [-0.4, -0.2) is 46.2 Å². The Labute approximate surface area is 217 Å². The normalized spacial score (nSPS) is 10.9. The molecule has 7 nitrogen and oxygen atoms in total. The van der Waals surface area contributed by atoms with Gasteiger partial charge in [0.2, 0.25) is 5.91 Å². The van der Waals surface area contributed by atoms with Gasteiger partial charge in [0, 0.05) is 17.2 Å². The van der Waals surface area contributed by atoms with Crippen molar-refractivity contribution < 1.29 is 14.3 Å². The number of hydrogen-bond donors (Lipinski definition) is 1. The van der Waals surface area contributed by atoms with Crippen molar-refractivity contribution in [2.75, 3.05) is 19.0 Å². The molecule has 0 saturated heterocycles. The van der Waals surface area contributed by atoms with Crippen molar-refractivity contribution >= 4 is 17.6 Å². The van der Waals surface area contributed by atoms with E-state index in [0.717, 1.165) is 33.8 Å². The van der Waals surface area contributed by atoms with Gasteiger partial charge in [0.15, 0.2) is 0 Å². The Bertz CT molecular complexity index is 1380. The fourth-order valence-electron chi connectivity index (χ4n) is 4.18. The summed E-state index contributed by atoms with van der Waals surface area (Å²) in [6.45, 7) is 7.60. The highest BCUT2D eigenvalue weighted by Gasteiger charge is 2.25. The Morgan fingerprint density at radius 2 is 1.59 bits per heavy atom. The van der Waals surface area contributed by atoms with Crippen LogP contribution in [0.4, 0.5) is 5.82 Å². The van der Waals surface area contributed by atoms with Gasteiger partial charge in [0.25, 0.3) is 5.91 Å². The van der Waals surface area contributed by atoms with Crippen molar-refractivity contribution in [1.82, 2.24) is 14.7 Å². The van der Waals surface area contributed by atoms with Gasteiger partial charge in [-0.25, -0.2) is 4.68 Å². The molecule has 0 spiro atoms. The van der Waals surface area contributed by atoms with Crippen LogP contribution >= 0.6 is 0 Å². The number of hydrogen-bond acceptors (Lipinski definition) is 4. The number of carbonyl (C=O) groups excluding carboxylic acids is 2. The molecule has 0 fully saturated rings. The molecule has 4 rings (SSSR count). The molecule has 0 aliphatic heterocycles. The predicted octanol–water partition coefficient (Wildman–Crippen LogP) is 5.65. The zero-order chi connectivity index (χ0) is 26.5. The van der Waals surface area contributed by atoms with Crippen LogP contribution < -0.4 is 10.1 Å². The summed E-state index contributed by atoms with van der Waals surface area (Å²) in [5.41, 5.74) is 4.93. The molecule has 4 aromatic rings. The van der Waals surface area contributed by atoms with Crippen molar-refractivity contribution in [3.8, 4) is 22.6 Å². The standard InChI is InChI=1S/C30H32N4O3/c1-20(2)33(30(36)24-13-11-21(3)12-14-24)19-27(35)31-29-28(23-9-7-6-8-10-23)22(4)32-34(29)25-15-17-26(37-5)18-16-25/h6-18,20H,19H2,1-5H3,(H,31,35). The number of aromatic nitrogens is 2. The van der Waals surface area contributed by atoms with Crippen LogP contribution in [-0.2, 0) is 4.79 Å². The molecular weight excluding hydrogens is 464 g/mol. The number of nitrogens with zero attached hydrogens (tertiary/aromatic N) is 3. The largest absolute Gasteiger partial charge is 0.497 e. The van der Waals surface area contributed by atoms with Crippen molar-refractivity contribution in [2.45, 2.75) is 33.7 Å². The van der Waals surface area contributed by atoms with E-state index in [-0.39, 0.29) is 24.4 Å². The van der Waals surface area contributed by atoms with Gasteiger partial charge in [-0.15, -0.1) is 0 Å². The summed E-state index contributed by atoms with van der Waals surface area (Å²) in [5, 5.41) is 7.81. The van der Waals surface area contributed by atoms with Gasteiger partial charge >= 0.3 is 0 Å². The number of aryl methyl sites for hydroxylation is 2. The van der Waals surface area contributed by atoms with E-state index >= 15 is 0 Å². The van der Waals surface area contributed by atoms with E-state index in [1.54, 1.807) is 28.8 Å². The minimum atomic E-state index is -0.305. The van der Waals surface area contributed by atoms with Gasteiger partial charge in [-0.1, -0.05) is 48.0 Å². The number of rotatable bonds is 8. The van der Waals surface area contributed by atoms with E-state index in [9.17, 15) is 9.59 Å². The predicted molar refractivity (Wildman–Crippen MR) is 146 cm³/mol. The maximum absolute atomic E-state index is 13.4. The van der Waals surface area contributed by atoms with E-state index in [1.165, 1.54) is 0 Å². The number of ether oxygens (including phenoxy) is 1. The van der Waals surface area contributed by atoms with Crippen molar-refractivity contribution in [1.29, 1.82) is 0 Å². The smallest absolute Gasteiger partial charge is 0.254 e. The lowest BCUT2D eigenvalue weighted by Gasteiger charge is -2.26. The average molecular weight is 497 g/mol. The topological polar surface area (TPSA) is 76.5 Å². The Balaban J connectivity index is 1.68. The third-order valence-corrected chi connectivity index (χ3v) is 6.19. The highest BCUT2D eigenvalue weighted by molar-refractivity contribution is 6.01. The Morgan fingerprint density at radius 1 is 0.946 bits per heavy atom. The fourth-order valence-corrected chi connectivity index (χ4v) is 4.18. The molecule has 7 heteroatoms. The summed E-state index contributed by atoms with van der Waals surface area (Å²) in [6.07, 6.45) is 0. The molecule has 2 amide bonds. The van der Waals surface area contributed by atoms with Gasteiger partial charge in [-0.3, -0.25) is 9.59 Å². The molecule has 0 unspecified atom stereocenters. The molecule has 0 atom stereocenters. The SMILES string of the molecule is COc1ccc(-n2nc(C)c(-c3ccccc3)c2NC(=O)CN(C(=O)c2ccc(C)cc2)C(C)C)cc1. The minimum absolute atomic E-state index is 0.0918. The lowest BCUT2D eigenvalue weighted by Crippen LogP contribution is -2.42. The van der Waals surface area contributed by atoms with Gasteiger partial charge in [-0.2, -0.15) is 5.10 Å². The third kappa shape index (κ3) is 5.72. The van der Waals surface area contributed by atoms with E-state index in [2.05, 4.69) is 5.32 Å². The van der Waals surface area contributed by atoms with Crippen molar-refractivity contribution in [3.05, 3.63) is 95.7 Å². The lowest BCUT2D eigenvalue weighted by atomic mass is 10.1. The first-order valence-corrected chi connectivity index (χ1v) is 12.3. The molecule has 0 radical (unpaired) electrons. The number of amides is 2. The molecule has 1 aromatic heterocycles. The summed E-state index contributed by atoms with van der Waals surface area (Å²) in [6, 6.07) is 24.5. The molecule has 3 aromatic carbocycles. The zero-order valence-corrected chi connectivity index (χ0v) is 21.9. The van der Waals surface area contributed by atoms with Crippen LogP contribution in [0, 0.1) is 13.8 Å². The zero-order valence-electron chi connectivity index (χ0n) is 21.9. The molecule has 190 valence electrons. The second kappa shape index (κ2) is 11.1. The monoisotopic (exact) mass is 496 g/mol. The molecule has 37 heavy (non-hydrogen) atoms. The molecule has 1 heterocycles. The number of carbonyl (C=O) groups is 2. The highest BCUT2D eigenvalue weighted by atomic mass is 16.5. The van der Waals surface area contributed by atoms with E-state index in [1.807, 2.05) is 94.4 Å². The molecule has 0 aliphatic carbocycles. The van der Waals surface area contributed by atoms with Gasteiger partial charge < -0.3 is 15.0 Å². The van der Waals surface area contributed by atoms with Gasteiger partial charge in [-0.05, 0) is 69.7 Å². The van der Waals surface area contributed by atoms with Crippen LogP contribution in [0.3, 0.4) is 0 Å². The quantitative estimate of drug-likeness (QED) is 0.342. The number of benzene rings is 3. The molecular formula is C30H32N4O3. The summed E-state index contributed by atoms with van der Waals surface area (Å²) < 4.78 is 7.01. The van der Waals surface area contributed by atoms with Crippen LogP contribution in [0.2, 0.25) is 0 Å². The van der Waals surface area contributed by atoms with Crippen LogP contribution in [0.15, 0.2) is 78.9 Å². The number of methoxy groups -OCH3 is 1. The van der Waals surface area contributed by atoms with Crippen molar-refractivity contribution in [2.24, 2.45) is 0 Å². The summed E-state index contributed by atoms with van der Waals surface area (Å²) >= 11 is 0. The Morgan fingerprint density at radius 3 is 2.19 bits per heavy atom. The molecule has 0 saturated carbocycles. The average Bonchev–Trinajstić information content (AvgIpc) is 3.23. The third-order valence-electron chi connectivity index (χ3n) is 6.19. The first-order chi connectivity index (χ1) is 17.8. The second-order valence-electron chi connectivity index (χ2n) is 9.23. The van der Waals surface area contributed by atoms with Crippen molar-refractivity contribution in [3.63, 3.8) is 0 Å². The Hall–Kier alpha value is -4.39. The van der Waals surface area contributed by atoms with E-state index in [0.29, 0.717) is 11.4 Å². The van der Waals surface area contributed by atoms with Gasteiger partial charge in [0.05, 0.1) is 18.5 Å². The number of nitrogens with one attached hydrogen (secondary N) is 1. The molecule has 0 bridgehead atoms. The summed E-state index contributed by atoms with van der Waals surface area (Å²) in [5.74, 6) is 0.781. The summed E-state index contributed by atoms with van der Waals surface area (Å²) in [7, 11) is 1.62. The van der Waals surface area contributed by atoms with Crippen LogP contribution in [0.5, 0.6) is 5.75 Å². The van der Waals surface area contributed by atoms with E-state index in [4.69, 9.17) is 9.84 Å². The first kappa shape index (κ1) is 25.7. The highest BCUT2D eigenvalue weighted by Crippen LogP contribution is 2.33. The molecule has 0 aliphatic rings. The summed E-state index contributed by atoms with van der Waals surface area (Å²) in [4.78, 5) is 28.2. The van der Waals surface area contributed by atoms with Crippen LogP contribution in [0.25, 0.3) is 16.8 Å². The lowest BCUT2D eigenvalue weighted by molar-refractivity contribution is -0.117. The van der Waals surface area contributed by atoms with E-state index < -0.39 is 0 Å². The maximum Gasteiger partial charge on any atom is 0.254 e. The molecule has 1 N–H and O–H groups in total. The first-order valence-electron chi connectivity index (χ1n) is 12.3. The van der Waals surface area contributed by atoms with Crippen LogP contribution in [0.1, 0.15) is 35.5 Å². The Kier molecular flexibility index (Phi) is 7.72. The maximum atomic E-state index is 13.4. The van der Waals surface area contributed by atoms with Gasteiger partial charge in [0.1, 0.15) is 18.1 Å². The number of anilines is 1. The minimum Gasteiger partial charge on any atom is -0.497 e.